The highest BCUT2D eigenvalue weighted by Gasteiger charge is 2.27. The minimum atomic E-state index is 0.703. The maximum atomic E-state index is 2.35. The van der Waals surface area contributed by atoms with Gasteiger partial charge < -0.3 is 0 Å². The first-order valence-electron chi connectivity index (χ1n) is 9.74. The molecule has 0 aromatic rings. The molecule has 0 atom stereocenters. The summed E-state index contributed by atoms with van der Waals surface area (Å²) in [4.78, 5) is 0. The van der Waals surface area contributed by atoms with E-state index in [1.165, 1.54) is 96.3 Å². The van der Waals surface area contributed by atoms with Crippen LogP contribution in [0.4, 0.5) is 0 Å². The summed E-state index contributed by atoms with van der Waals surface area (Å²) < 4.78 is 0. The Kier molecular flexibility index (Phi) is 14.0. The van der Waals surface area contributed by atoms with Crippen molar-refractivity contribution in [3.05, 3.63) is 0 Å². The van der Waals surface area contributed by atoms with Gasteiger partial charge >= 0.3 is 0 Å². The molecule has 0 saturated carbocycles. The summed E-state index contributed by atoms with van der Waals surface area (Å²) in [5.41, 5.74) is 0.703. The Bertz CT molecular complexity index is 161. The van der Waals surface area contributed by atoms with Gasteiger partial charge in [-0.3, -0.25) is 0 Å². The molecule has 0 aromatic heterocycles. The van der Waals surface area contributed by atoms with Gasteiger partial charge in [-0.25, -0.2) is 0 Å². The van der Waals surface area contributed by atoms with E-state index in [4.69, 9.17) is 0 Å². The van der Waals surface area contributed by atoms with Crippen LogP contribution in [0.25, 0.3) is 0 Å². The van der Waals surface area contributed by atoms with E-state index in [-0.39, 0.29) is 0 Å². The average molecular weight is 283 g/mol. The Morgan fingerprint density at radius 2 is 0.750 bits per heavy atom. The molecule has 0 amide bonds. The molecule has 122 valence electrons. The Balaban J connectivity index is 4.34. The molecule has 0 saturated heterocycles. The van der Waals surface area contributed by atoms with Gasteiger partial charge in [0.15, 0.2) is 0 Å². The number of hydrogen-bond acceptors (Lipinski definition) is 0. The topological polar surface area (TPSA) is 0 Å². The van der Waals surface area contributed by atoms with Gasteiger partial charge in [0, 0.05) is 0 Å². The summed E-state index contributed by atoms with van der Waals surface area (Å²) in [6, 6.07) is 0. The van der Waals surface area contributed by atoms with Crippen molar-refractivity contribution >= 4 is 0 Å². The lowest BCUT2D eigenvalue weighted by atomic mass is 9.71. The van der Waals surface area contributed by atoms with E-state index in [2.05, 4.69) is 27.7 Å². The largest absolute Gasteiger partial charge is 0.0654 e. The molecule has 0 nitrogen and oxygen atoms in total. The van der Waals surface area contributed by atoms with Crippen LogP contribution in [0.15, 0.2) is 0 Å². The lowest BCUT2D eigenvalue weighted by Crippen LogP contribution is -2.21. The maximum absolute atomic E-state index is 2.35. The van der Waals surface area contributed by atoms with E-state index in [1.54, 1.807) is 0 Å². The molecule has 0 rings (SSSR count). The Labute approximate surface area is 130 Å². The molecule has 0 N–H and O–H groups in total. The highest BCUT2D eigenvalue weighted by molar-refractivity contribution is 4.79. The van der Waals surface area contributed by atoms with Crippen LogP contribution in [0.3, 0.4) is 0 Å². The van der Waals surface area contributed by atoms with Crippen molar-refractivity contribution < 1.29 is 0 Å². The number of rotatable bonds is 15. The van der Waals surface area contributed by atoms with E-state index < -0.39 is 0 Å². The molecule has 0 spiro atoms. The maximum Gasteiger partial charge on any atom is -0.0297 e. The van der Waals surface area contributed by atoms with E-state index >= 15 is 0 Å². The molecule has 0 bridgehead atoms. The lowest BCUT2D eigenvalue weighted by Gasteiger charge is -2.35. The van der Waals surface area contributed by atoms with Crippen LogP contribution in [-0.2, 0) is 0 Å². The third-order valence-electron chi connectivity index (χ3n) is 4.99. The second kappa shape index (κ2) is 14.0. The molecule has 0 heteroatoms. The first kappa shape index (κ1) is 20.0. The van der Waals surface area contributed by atoms with Crippen molar-refractivity contribution in [3.8, 4) is 0 Å². The van der Waals surface area contributed by atoms with Gasteiger partial charge in [-0.1, -0.05) is 98.3 Å². The lowest BCUT2D eigenvalue weighted by molar-refractivity contribution is 0.176. The minimum absolute atomic E-state index is 0.703. The molecule has 0 fully saturated rings. The molecular weight excluding hydrogens is 240 g/mol. The first-order valence-corrected chi connectivity index (χ1v) is 9.74. The monoisotopic (exact) mass is 282 g/mol. The van der Waals surface area contributed by atoms with Crippen LogP contribution in [-0.4, -0.2) is 0 Å². The molecule has 0 aliphatic rings. The van der Waals surface area contributed by atoms with E-state index in [0.29, 0.717) is 5.41 Å². The third kappa shape index (κ3) is 9.83. The second-order valence-electron chi connectivity index (χ2n) is 6.97. The van der Waals surface area contributed by atoms with E-state index in [9.17, 15) is 0 Å². The third-order valence-corrected chi connectivity index (χ3v) is 4.99. The van der Waals surface area contributed by atoms with Gasteiger partial charge in [-0.2, -0.15) is 0 Å². The van der Waals surface area contributed by atoms with Gasteiger partial charge in [-0.05, 0) is 31.1 Å². The molecule has 0 unspecified atom stereocenters. The van der Waals surface area contributed by atoms with Crippen molar-refractivity contribution in [1.82, 2.24) is 0 Å². The summed E-state index contributed by atoms with van der Waals surface area (Å²) in [5, 5.41) is 0. The van der Waals surface area contributed by atoms with Gasteiger partial charge in [0.25, 0.3) is 0 Å². The second-order valence-corrected chi connectivity index (χ2v) is 6.97. The molecule has 0 aliphatic carbocycles. The highest BCUT2D eigenvalue weighted by Crippen LogP contribution is 2.41. The van der Waals surface area contributed by atoms with Crippen LogP contribution in [0.5, 0.6) is 0 Å². The molecule has 0 aromatic carbocycles. The molecule has 0 radical (unpaired) electrons. The van der Waals surface area contributed by atoms with Crippen molar-refractivity contribution in [1.29, 1.82) is 0 Å². The van der Waals surface area contributed by atoms with Crippen molar-refractivity contribution in [2.45, 2.75) is 124 Å². The fraction of sp³-hybridized carbons (Fsp3) is 1.00. The van der Waals surface area contributed by atoms with Crippen LogP contribution in [0, 0.1) is 5.41 Å². The highest BCUT2D eigenvalue weighted by atomic mass is 14.3. The van der Waals surface area contributed by atoms with Crippen LogP contribution in [0.2, 0.25) is 0 Å². The summed E-state index contributed by atoms with van der Waals surface area (Å²) in [6.45, 7) is 9.37. The van der Waals surface area contributed by atoms with Crippen LogP contribution < -0.4 is 0 Å². The molecule has 20 heavy (non-hydrogen) atoms. The Morgan fingerprint density at radius 3 is 1.15 bits per heavy atom. The summed E-state index contributed by atoms with van der Waals surface area (Å²) in [6.07, 6.45) is 21.7. The molecule has 0 aliphatic heterocycles. The zero-order chi connectivity index (χ0) is 15.1. The normalized spacial score (nSPS) is 12.0. The first-order chi connectivity index (χ1) is 9.74. The fourth-order valence-corrected chi connectivity index (χ4v) is 3.51. The smallest absolute Gasteiger partial charge is 0.0297 e. The van der Waals surface area contributed by atoms with Gasteiger partial charge in [0.05, 0.1) is 0 Å². The predicted molar refractivity (Wildman–Crippen MR) is 94.4 cm³/mol. The molecular formula is C20H42. The van der Waals surface area contributed by atoms with Gasteiger partial charge in [0.1, 0.15) is 0 Å². The summed E-state index contributed by atoms with van der Waals surface area (Å²) in [5.74, 6) is 0. The zero-order valence-corrected chi connectivity index (χ0v) is 15.1. The quantitative estimate of drug-likeness (QED) is 0.268. The standard InChI is InChI=1S/C20H42/c1-5-9-13-14-15-19-20(16-10-6-2,17-11-7-3)18-12-8-4/h5-19H2,1-4H3. The van der Waals surface area contributed by atoms with Crippen molar-refractivity contribution in [2.75, 3.05) is 0 Å². The summed E-state index contributed by atoms with van der Waals surface area (Å²) >= 11 is 0. The van der Waals surface area contributed by atoms with Gasteiger partial charge in [0.2, 0.25) is 0 Å². The Hall–Kier alpha value is 0. The Morgan fingerprint density at radius 1 is 0.400 bits per heavy atom. The van der Waals surface area contributed by atoms with E-state index in [1.807, 2.05) is 0 Å². The fourth-order valence-electron chi connectivity index (χ4n) is 3.51. The number of hydrogen-bond donors (Lipinski definition) is 0. The van der Waals surface area contributed by atoms with Crippen molar-refractivity contribution in [3.63, 3.8) is 0 Å². The van der Waals surface area contributed by atoms with Crippen molar-refractivity contribution in [2.24, 2.45) is 5.41 Å². The predicted octanol–water partition coefficient (Wildman–Crippen LogP) is 7.90. The average Bonchev–Trinajstić information content (AvgIpc) is 2.48. The molecule has 0 heterocycles. The SMILES string of the molecule is CCCCCCCC(CCCC)(CCCC)CCCC. The van der Waals surface area contributed by atoms with Crippen LogP contribution in [0.1, 0.15) is 124 Å². The zero-order valence-electron chi connectivity index (χ0n) is 15.1. The van der Waals surface area contributed by atoms with E-state index in [0.717, 1.165) is 0 Å². The van der Waals surface area contributed by atoms with Gasteiger partial charge in [-0.15, -0.1) is 0 Å². The number of unbranched alkanes of at least 4 members (excludes halogenated alkanes) is 7. The summed E-state index contributed by atoms with van der Waals surface area (Å²) in [7, 11) is 0. The minimum Gasteiger partial charge on any atom is -0.0654 e. The van der Waals surface area contributed by atoms with Crippen LogP contribution >= 0.6 is 0 Å².